The Morgan fingerprint density at radius 2 is 1.83 bits per heavy atom. The Balaban J connectivity index is 1.66. The molecule has 0 fully saturated rings. The number of benzene rings is 2. The van der Waals surface area contributed by atoms with E-state index in [1.807, 2.05) is 30.3 Å². The Bertz CT molecular complexity index is 1360. The molecular formula is C28H32ClN3O2S. The van der Waals surface area contributed by atoms with Gasteiger partial charge in [-0.25, -0.2) is 4.79 Å². The van der Waals surface area contributed by atoms with E-state index in [9.17, 15) is 4.79 Å². The smallest absolute Gasteiger partial charge is 0.336 e. The molecule has 4 rings (SSSR count). The number of nitrogens with zero attached hydrogens (tertiary/aromatic N) is 3. The van der Waals surface area contributed by atoms with E-state index in [0.717, 1.165) is 46.0 Å². The maximum Gasteiger partial charge on any atom is 0.336 e. The summed E-state index contributed by atoms with van der Waals surface area (Å²) >= 11 is 7.71. The van der Waals surface area contributed by atoms with Crippen molar-refractivity contribution in [1.29, 1.82) is 0 Å². The van der Waals surface area contributed by atoms with Crippen LogP contribution in [0.1, 0.15) is 69.1 Å². The van der Waals surface area contributed by atoms with Crippen molar-refractivity contribution in [1.82, 2.24) is 14.8 Å². The molecule has 0 aliphatic carbocycles. The van der Waals surface area contributed by atoms with E-state index in [1.54, 1.807) is 17.8 Å². The Hall–Kier alpha value is -2.57. The average Bonchev–Trinajstić information content (AvgIpc) is 3.22. The van der Waals surface area contributed by atoms with E-state index in [4.69, 9.17) is 16.0 Å². The first-order valence-electron chi connectivity index (χ1n) is 12.3. The normalized spacial score (nSPS) is 11.6. The molecule has 0 saturated heterocycles. The molecule has 184 valence electrons. The predicted molar refractivity (Wildman–Crippen MR) is 145 cm³/mol. The Labute approximate surface area is 215 Å². The van der Waals surface area contributed by atoms with Gasteiger partial charge in [0.15, 0.2) is 11.0 Å². The lowest BCUT2D eigenvalue weighted by atomic mass is 9.95. The van der Waals surface area contributed by atoms with Crippen molar-refractivity contribution in [2.75, 3.05) is 0 Å². The zero-order valence-electron chi connectivity index (χ0n) is 20.8. The van der Waals surface area contributed by atoms with Crippen LogP contribution in [0, 0.1) is 6.92 Å². The monoisotopic (exact) mass is 509 g/mol. The lowest BCUT2D eigenvalue weighted by molar-refractivity contribution is 0.556. The van der Waals surface area contributed by atoms with Crippen molar-refractivity contribution >= 4 is 34.3 Å². The maximum absolute atomic E-state index is 12.3. The van der Waals surface area contributed by atoms with Gasteiger partial charge in [0.1, 0.15) is 5.58 Å². The predicted octanol–water partition coefficient (Wildman–Crippen LogP) is 8.01. The highest BCUT2D eigenvalue weighted by molar-refractivity contribution is 7.98. The summed E-state index contributed by atoms with van der Waals surface area (Å²) in [5.41, 5.74) is 4.66. The minimum Gasteiger partial charge on any atom is -0.423 e. The Morgan fingerprint density at radius 1 is 1.06 bits per heavy atom. The summed E-state index contributed by atoms with van der Waals surface area (Å²) in [5.74, 6) is 1.84. The summed E-state index contributed by atoms with van der Waals surface area (Å²) in [6.07, 6.45) is 4.63. The molecule has 0 radical (unpaired) electrons. The molecule has 0 unspecified atom stereocenters. The van der Waals surface area contributed by atoms with E-state index < -0.39 is 0 Å². The molecule has 0 atom stereocenters. The fourth-order valence-electron chi connectivity index (χ4n) is 4.38. The second-order valence-corrected chi connectivity index (χ2v) is 10.6. The number of fused-ring (bicyclic) bond motifs is 1. The number of unbranched alkanes of at least 4 members (excludes halogenated alkanes) is 3. The first-order valence-corrected chi connectivity index (χ1v) is 13.6. The summed E-state index contributed by atoms with van der Waals surface area (Å²) < 4.78 is 7.73. The summed E-state index contributed by atoms with van der Waals surface area (Å²) in [6.45, 7) is 9.49. The fourth-order valence-corrected chi connectivity index (χ4v) is 5.46. The summed E-state index contributed by atoms with van der Waals surface area (Å²) in [6, 6.07) is 13.5. The third-order valence-corrected chi connectivity index (χ3v) is 7.52. The number of aryl methyl sites for hydroxylation is 1. The van der Waals surface area contributed by atoms with Gasteiger partial charge in [0, 0.05) is 34.3 Å². The van der Waals surface area contributed by atoms with E-state index in [2.05, 4.69) is 48.5 Å². The number of aromatic nitrogens is 3. The molecule has 0 spiro atoms. The fraction of sp³-hybridized carbons (Fsp3) is 0.393. The van der Waals surface area contributed by atoms with Gasteiger partial charge in [-0.05, 0) is 72.4 Å². The number of hydrogen-bond donors (Lipinski definition) is 0. The van der Waals surface area contributed by atoms with E-state index in [-0.39, 0.29) is 5.63 Å². The third-order valence-electron chi connectivity index (χ3n) is 6.25. The van der Waals surface area contributed by atoms with E-state index >= 15 is 0 Å². The number of halogens is 1. The summed E-state index contributed by atoms with van der Waals surface area (Å²) in [5, 5.41) is 11.6. The van der Waals surface area contributed by atoms with Crippen molar-refractivity contribution in [3.8, 4) is 11.4 Å². The maximum atomic E-state index is 12.3. The summed E-state index contributed by atoms with van der Waals surface area (Å²) in [4.78, 5) is 12.3. The van der Waals surface area contributed by atoms with E-state index in [1.165, 1.54) is 24.8 Å². The van der Waals surface area contributed by atoms with Gasteiger partial charge < -0.3 is 8.98 Å². The van der Waals surface area contributed by atoms with Gasteiger partial charge in [0.2, 0.25) is 0 Å². The zero-order valence-corrected chi connectivity index (χ0v) is 22.4. The molecule has 0 aliphatic heterocycles. The third kappa shape index (κ3) is 5.99. The number of thioether (sulfide) groups is 1. The molecule has 4 aromatic rings. The first-order chi connectivity index (χ1) is 16.9. The molecule has 2 aromatic carbocycles. The molecule has 0 amide bonds. The standard InChI is InChI=1S/C28H32ClN3O2S/c1-5-6-7-8-13-32-27(20-9-11-22(29)12-10-20)30-31-28(32)35-17-21-15-26(33)34-25-14-19(4)23(18(2)3)16-24(21)25/h9-12,14-16,18H,5-8,13,17H2,1-4H3. The molecule has 5 nitrogen and oxygen atoms in total. The zero-order chi connectivity index (χ0) is 24.9. The molecular weight excluding hydrogens is 478 g/mol. The van der Waals surface area contributed by atoms with E-state index in [0.29, 0.717) is 22.3 Å². The molecule has 2 aromatic heterocycles. The van der Waals surface area contributed by atoms with Gasteiger partial charge in [-0.1, -0.05) is 63.4 Å². The van der Waals surface area contributed by atoms with Crippen LogP contribution >= 0.6 is 23.4 Å². The Morgan fingerprint density at radius 3 is 2.54 bits per heavy atom. The van der Waals surface area contributed by atoms with Gasteiger partial charge in [0.25, 0.3) is 0 Å². The van der Waals surface area contributed by atoms with Crippen LogP contribution in [0.5, 0.6) is 0 Å². The molecule has 7 heteroatoms. The van der Waals surface area contributed by atoms with Crippen LogP contribution in [-0.2, 0) is 12.3 Å². The number of rotatable bonds is 10. The van der Waals surface area contributed by atoms with Gasteiger partial charge >= 0.3 is 5.63 Å². The minimum atomic E-state index is -0.326. The highest BCUT2D eigenvalue weighted by Gasteiger charge is 2.17. The molecule has 35 heavy (non-hydrogen) atoms. The molecule has 2 heterocycles. The summed E-state index contributed by atoms with van der Waals surface area (Å²) in [7, 11) is 0. The Kier molecular flexibility index (Phi) is 8.34. The first kappa shape index (κ1) is 25.5. The second kappa shape index (κ2) is 11.4. The second-order valence-electron chi connectivity index (χ2n) is 9.26. The van der Waals surface area contributed by atoms with Crippen molar-refractivity contribution in [3.05, 3.63) is 74.6 Å². The van der Waals surface area contributed by atoms with Crippen LogP contribution in [0.15, 0.2) is 56.8 Å². The SMILES string of the molecule is CCCCCCn1c(SCc2cc(=O)oc3cc(C)c(C(C)C)cc23)nnc1-c1ccc(Cl)cc1. The molecule has 0 aliphatic rings. The van der Waals surface area contributed by atoms with Gasteiger partial charge in [-0.2, -0.15) is 0 Å². The molecule has 0 N–H and O–H groups in total. The van der Waals surface area contributed by atoms with Crippen LogP contribution in [0.25, 0.3) is 22.4 Å². The van der Waals surface area contributed by atoms with Crippen molar-refractivity contribution < 1.29 is 4.42 Å². The van der Waals surface area contributed by atoms with Gasteiger partial charge in [0.05, 0.1) is 0 Å². The highest BCUT2D eigenvalue weighted by Crippen LogP contribution is 2.32. The van der Waals surface area contributed by atoms with Crippen LogP contribution in [0.4, 0.5) is 0 Å². The lowest BCUT2D eigenvalue weighted by Gasteiger charge is -2.13. The van der Waals surface area contributed by atoms with Crippen molar-refractivity contribution in [2.45, 2.75) is 76.8 Å². The molecule has 0 bridgehead atoms. The highest BCUT2D eigenvalue weighted by atomic mass is 35.5. The number of hydrogen-bond acceptors (Lipinski definition) is 5. The van der Waals surface area contributed by atoms with Crippen LogP contribution in [0.2, 0.25) is 5.02 Å². The van der Waals surface area contributed by atoms with Crippen LogP contribution in [-0.4, -0.2) is 14.8 Å². The van der Waals surface area contributed by atoms with Gasteiger partial charge in [-0.15, -0.1) is 10.2 Å². The van der Waals surface area contributed by atoms with Gasteiger partial charge in [-0.3, -0.25) is 0 Å². The van der Waals surface area contributed by atoms with Crippen LogP contribution < -0.4 is 5.63 Å². The lowest BCUT2D eigenvalue weighted by Crippen LogP contribution is -2.04. The molecule has 0 saturated carbocycles. The van der Waals surface area contributed by atoms with Crippen molar-refractivity contribution in [3.63, 3.8) is 0 Å². The largest absolute Gasteiger partial charge is 0.423 e. The average molecular weight is 510 g/mol. The van der Waals surface area contributed by atoms with Crippen molar-refractivity contribution in [2.24, 2.45) is 0 Å². The van der Waals surface area contributed by atoms with Crippen LogP contribution in [0.3, 0.4) is 0 Å². The quantitative estimate of drug-likeness (QED) is 0.123. The minimum absolute atomic E-state index is 0.326. The topological polar surface area (TPSA) is 60.9 Å².